The zero-order valence-corrected chi connectivity index (χ0v) is 15.7. The minimum absolute atomic E-state index is 0.410. The maximum atomic E-state index is 13.9. The maximum Gasteiger partial charge on any atom is 0.419 e. The molecular formula is C25H18F4. The van der Waals surface area contributed by atoms with Crippen molar-refractivity contribution in [3.8, 4) is 22.3 Å². The molecular weight excluding hydrogens is 376 g/mol. The predicted molar refractivity (Wildman–Crippen MR) is 109 cm³/mol. The zero-order valence-electron chi connectivity index (χ0n) is 15.7. The fourth-order valence-corrected chi connectivity index (χ4v) is 3.47. The SMILES string of the molecule is CCc1ccc2cc(-c3ccc(-c4ccc(C(F)(F)F)c(F)c4)cc3)ccc2c1. The monoisotopic (exact) mass is 394 g/mol. The van der Waals surface area contributed by atoms with Crippen molar-refractivity contribution < 1.29 is 17.6 Å². The topological polar surface area (TPSA) is 0 Å². The number of hydrogen-bond acceptors (Lipinski definition) is 0. The second-order valence-corrected chi connectivity index (χ2v) is 7.02. The van der Waals surface area contributed by atoms with Crippen molar-refractivity contribution in [2.75, 3.05) is 0 Å². The van der Waals surface area contributed by atoms with E-state index in [2.05, 4.69) is 43.3 Å². The molecule has 0 aliphatic carbocycles. The lowest BCUT2D eigenvalue weighted by molar-refractivity contribution is -0.139. The lowest BCUT2D eigenvalue weighted by atomic mass is 9.97. The van der Waals surface area contributed by atoms with E-state index >= 15 is 0 Å². The molecule has 0 spiro atoms. The molecule has 0 unspecified atom stereocenters. The Bertz CT molecular complexity index is 1170. The van der Waals surface area contributed by atoms with Crippen LogP contribution < -0.4 is 0 Å². The standard InChI is InChI=1S/C25H18F4/c1-2-16-3-4-21-14-20(10-9-19(21)13-16)17-5-7-18(8-6-17)22-11-12-23(24(26)15-22)25(27,28)29/h3-15H,2H2,1H3. The number of fused-ring (bicyclic) bond motifs is 1. The first-order chi connectivity index (χ1) is 13.8. The van der Waals surface area contributed by atoms with E-state index in [0.717, 1.165) is 35.1 Å². The van der Waals surface area contributed by atoms with Crippen molar-refractivity contribution in [1.82, 2.24) is 0 Å². The summed E-state index contributed by atoms with van der Waals surface area (Å²) < 4.78 is 52.1. The van der Waals surface area contributed by atoms with E-state index in [1.165, 1.54) is 17.0 Å². The normalized spacial score (nSPS) is 11.8. The van der Waals surface area contributed by atoms with Gasteiger partial charge in [-0.2, -0.15) is 13.2 Å². The van der Waals surface area contributed by atoms with Gasteiger partial charge in [0.2, 0.25) is 0 Å². The summed E-state index contributed by atoms with van der Waals surface area (Å²) in [5.41, 5.74) is 3.15. The summed E-state index contributed by atoms with van der Waals surface area (Å²) in [5, 5.41) is 2.33. The van der Waals surface area contributed by atoms with Crippen molar-refractivity contribution >= 4 is 10.8 Å². The van der Waals surface area contributed by atoms with Crippen LogP contribution in [0.3, 0.4) is 0 Å². The van der Waals surface area contributed by atoms with Crippen LogP contribution in [0.15, 0.2) is 78.9 Å². The lowest BCUT2D eigenvalue weighted by Crippen LogP contribution is -2.07. The summed E-state index contributed by atoms with van der Waals surface area (Å²) in [7, 11) is 0. The quantitative estimate of drug-likeness (QED) is 0.310. The Morgan fingerprint density at radius 3 is 1.72 bits per heavy atom. The highest BCUT2D eigenvalue weighted by molar-refractivity contribution is 5.88. The number of halogens is 4. The highest BCUT2D eigenvalue weighted by atomic mass is 19.4. The fourth-order valence-electron chi connectivity index (χ4n) is 3.47. The highest BCUT2D eigenvalue weighted by Gasteiger charge is 2.33. The van der Waals surface area contributed by atoms with Gasteiger partial charge in [0.25, 0.3) is 0 Å². The Morgan fingerprint density at radius 2 is 1.14 bits per heavy atom. The average Bonchev–Trinajstić information content (AvgIpc) is 2.72. The zero-order chi connectivity index (χ0) is 20.6. The first kappa shape index (κ1) is 19.2. The van der Waals surface area contributed by atoms with Gasteiger partial charge in [0.1, 0.15) is 5.82 Å². The third-order valence-corrected chi connectivity index (χ3v) is 5.14. The minimum Gasteiger partial charge on any atom is -0.206 e. The molecule has 146 valence electrons. The molecule has 29 heavy (non-hydrogen) atoms. The smallest absolute Gasteiger partial charge is 0.206 e. The largest absolute Gasteiger partial charge is 0.419 e. The van der Waals surface area contributed by atoms with Gasteiger partial charge < -0.3 is 0 Å². The van der Waals surface area contributed by atoms with Gasteiger partial charge in [0.15, 0.2) is 0 Å². The molecule has 0 radical (unpaired) electrons. The molecule has 0 atom stereocenters. The Balaban J connectivity index is 1.64. The summed E-state index contributed by atoms with van der Waals surface area (Å²) in [6.07, 6.45) is -3.70. The molecule has 4 aromatic rings. The highest BCUT2D eigenvalue weighted by Crippen LogP contribution is 2.34. The van der Waals surface area contributed by atoms with Crippen LogP contribution in [-0.4, -0.2) is 0 Å². The number of benzene rings is 4. The third-order valence-electron chi connectivity index (χ3n) is 5.14. The summed E-state index contributed by atoms with van der Waals surface area (Å²) in [4.78, 5) is 0. The molecule has 4 heteroatoms. The molecule has 0 heterocycles. The van der Waals surface area contributed by atoms with Crippen LogP contribution in [-0.2, 0) is 12.6 Å². The Kier molecular flexibility index (Phi) is 4.87. The molecule has 0 aliphatic heterocycles. The first-order valence-corrected chi connectivity index (χ1v) is 9.35. The van der Waals surface area contributed by atoms with Crippen LogP contribution in [0.4, 0.5) is 17.6 Å². The van der Waals surface area contributed by atoms with Crippen molar-refractivity contribution in [2.24, 2.45) is 0 Å². The summed E-state index contributed by atoms with van der Waals surface area (Å²) >= 11 is 0. The van der Waals surface area contributed by atoms with E-state index in [1.54, 1.807) is 12.1 Å². The molecule has 0 aromatic heterocycles. The van der Waals surface area contributed by atoms with Gasteiger partial charge in [-0.3, -0.25) is 0 Å². The van der Waals surface area contributed by atoms with Crippen LogP contribution in [0.1, 0.15) is 18.1 Å². The average molecular weight is 394 g/mol. The van der Waals surface area contributed by atoms with E-state index in [9.17, 15) is 17.6 Å². The number of hydrogen-bond donors (Lipinski definition) is 0. The Morgan fingerprint density at radius 1 is 0.621 bits per heavy atom. The molecule has 0 N–H and O–H groups in total. The summed E-state index contributed by atoms with van der Waals surface area (Å²) in [6.45, 7) is 2.12. The number of aryl methyl sites for hydroxylation is 1. The van der Waals surface area contributed by atoms with Crippen LogP contribution in [0.2, 0.25) is 0 Å². The summed E-state index contributed by atoms with van der Waals surface area (Å²) in [5.74, 6) is -1.26. The van der Waals surface area contributed by atoms with Gasteiger partial charge in [-0.05, 0) is 63.2 Å². The molecule has 0 fully saturated rings. The predicted octanol–water partition coefficient (Wildman–Crippen LogP) is 7.89. The lowest BCUT2D eigenvalue weighted by Gasteiger charge is -2.10. The van der Waals surface area contributed by atoms with Gasteiger partial charge in [0.05, 0.1) is 5.56 Å². The van der Waals surface area contributed by atoms with Crippen molar-refractivity contribution in [3.63, 3.8) is 0 Å². The molecule has 0 saturated carbocycles. The van der Waals surface area contributed by atoms with Gasteiger partial charge in [0, 0.05) is 0 Å². The van der Waals surface area contributed by atoms with E-state index in [0.29, 0.717) is 11.1 Å². The molecule has 4 rings (SSSR count). The van der Waals surface area contributed by atoms with Crippen molar-refractivity contribution in [3.05, 3.63) is 95.8 Å². The van der Waals surface area contributed by atoms with Gasteiger partial charge >= 0.3 is 6.18 Å². The second-order valence-electron chi connectivity index (χ2n) is 7.02. The molecule has 4 aromatic carbocycles. The third kappa shape index (κ3) is 3.88. The van der Waals surface area contributed by atoms with Crippen molar-refractivity contribution in [2.45, 2.75) is 19.5 Å². The van der Waals surface area contributed by atoms with Gasteiger partial charge in [-0.25, -0.2) is 4.39 Å². The van der Waals surface area contributed by atoms with Crippen LogP contribution >= 0.6 is 0 Å². The first-order valence-electron chi connectivity index (χ1n) is 9.35. The van der Waals surface area contributed by atoms with Gasteiger partial charge in [-0.15, -0.1) is 0 Å². The Labute approximate surface area is 166 Å². The van der Waals surface area contributed by atoms with Crippen LogP contribution in [0.5, 0.6) is 0 Å². The van der Waals surface area contributed by atoms with Crippen LogP contribution in [0.25, 0.3) is 33.0 Å². The maximum absolute atomic E-state index is 13.9. The Hall–Kier alpha value is -3.14. The second kappa shape index (κ2) is 7.36. The molecule has 0 bridgehead atoms. The fraction of sp³-hybridized carbons (Fsp3) is 0.120. The minimum atomic E-state index is -4.69. The van der Waals surface area contributed by atoms with Crippen molar-refractivity contribution in [1.29, 1.82) is 0 Å². The van der Waals surface area contributed by atoms with E-state index in [1.807, 2.05) is 12.1 Å². The van der Waals surface area contributed by atoms with E-state index in [4.69, 9.17) is 0 Å². The van der Waals surface area contributed by atoms with Gasteiger partial charge in [-0.1, -0.05) is 67.6 Å². The number of alkyl halides is 3. The molecule has 0 amide bonds. The van der Waals surface area contributed by atoms with E-state index < -0.39 is 17.6 Å². The van der Waals surface area contributed by atoms with Crippen LogP contribution in [0, 0.1) is 5.82 Å². The number of rotatable bonds is 3. The summed E-state index contributed by atoms with van der Waals surface area (Å²) in [6, 6.07) is 23.0. The molecule has 0 aliphatic rings. The van der Waals surface area contributed by atoms with E-state index in [-0.39, 0.29) is 0 Å². The molecule has 0 nitrogen and oxygen atoms in total. The molecule has 0 saturated heterocycles.